The summed E-state index contributed by atoms with van der Waals surface area (Å²) in [6.45, 7) is 13.1. The molecule has 20 heteroatoms. The Labute approximate surface area is 456 Å². The predicted octanol–water partition coefficient (Wildman–Crippen LogP) is 3.63. The van der Waals surface area contributed by atoms with Crippen LogP contribution in [0.2, 0.25) is 0 Å². The maximum absolute atomic E-state index is 13.6. The normalized spacial score (nSPS) is 35.4. The van der Waals surface area contributed by atoms with Crippen molar-refractivity contribution in [2.45, 2.75) is 224 Å². The number of carbonyl (C=O) groups is 3. The van der Waals surface area contributed by atoms with Crippen molar-refractivity contribution < 1.29 is 84.8 Å². The summed E-state index contributed by atoms with van der Waals surface area (Å²) in [5.41, 5.74) is 0.809. The van der Waals surface area contributed by atoms with Crippen molar-refractivity contribution in [1.82, 2.24) is 10.6 Å². The molecule has 0 unspecified atom stereocenters. The number of carboxylic acid groups (broad SMARTS) is 1. The highest BCUT2D eigenvalue weighted by Gasteiger charge is 2.50. The van der Waals surface area contributed by atoms with Crippen LogP contribution in [0.4, 0.5) is 0 Å². The van der Waals surface area contributed by atoms with Crippen molar-refractivity contribution in [3.63, 3.8) is 0 Å². The molecule has 442 valence electrons. The predicted molar refractivity (Wildman–Crippen MR) is 292 cm³/mol. The van der Waals surface area contributed by atoms with Crippen LogP contribution < -0.4 is 10.6 Å². The van der Waals surface area contributed by atoms with E-state index in [1.165, 1.54) is 0 Å². The minimum absolute atomic E-state index is 0.0578. The molecular weight excluding hydrogens is 999 g/mol. The Bertz CT molecular complexity index is 1940. The summed E-state index contributed by atoms with van der Waals surface area (Å²) in [5.74, 6) is -7.05. The fourth-order valence-corrected chi connectivity index (χ4v) is 9.63. The number of guanidine groups is 1. The van der Waals surface area contributed by atoms with E-state index in [2.05, 4.69) is 27.8 Å². The molecule has 0 aromatic rings. The van der Waals surface area contributed by atoms with Crippen LogP contribution in [0.25, 0.3) is 0 Å². The second-order valence-corrected chi connectivity index (χ2v) is 21.8. The van der Waals surface area contributed by atoms with Crippen molar-refractivity contribution in [1.29, 1.82) is 0 Å². The van der Waals surface area contributed by atoms with Gasteiger partial charge in [0.05, 0.1) is 54.9 Å². The third-order valence-corrected chi connectivity index (χ3v) is 15.0. The van der Waals surface area contributed by atoms with E-state index in [1.54, 1.807) is 72.0 Å². The van der Waals surface area contributed by atoms with Crippen molar-refractivity contribution in [3.8, 4) is 0 Å². The van der Waals surface area contributed by atoms with Crippen LogP contribution in [0.1, 0.15) is 145 Å². The lowest BCUT2D eigenvalue weighted by atomic mass is 9.84. The van der Waals surface area contributed by atoms with E-state index in [0.717, 1.165) is 44.6 Å². The number of carboxylic acids is 1. The lowest BCUT2D eigenvalue weighted by Crippen LogP contribution is -2.60. The molecule has 0 spiro atoms. The summed E-state index contributed by atoms with van der Waals surface area (Å²) in [4.78, 5) is 41.7. The lowest BCUT2D eigenvalue weighted by molar-refractivity contribution is -0.333. The smallest absolute Gasteiger partial charge is 0.334 e. The van der Waals surface area contributed by atoms with Gasteiger partial charge in [0, 0.05) is 82.5 Å². The third-order valence-electron chi connectivity index (χ3n) is 15.0. The Morgan fingerprint density at radius 3 is 2.09 bits per heavy atom. The van der Waals surface area contributed by atoms with E-state index in [4.69, 9.17) is 14.2 Å². The zero-order valence-electron chi connectivity index (χ0n) is 47.1. The number of aliphatic hydroxyl groups is 10. The highest BCUT2D eigenvalue weighted by atomic mass is 16.7. The number of cyclic esters (lactones) is 1. The second-order valence-electron chi connectivity index (χ2n) is 21.8. The minimum Gasteiger partial charge on any atom is -0.481 e. The number of ether oxygens (including phenoxy) is 3. The van der Waals surface area contributed by atoms with Crippen LogP contribution in [0.3, 0.4) is 0 Å². The van der Waals surface area contributed by atoms with Crippen molar-refractivity contribution in [2.24, 2.45) is 34.6 Å². The van der Waals surface area contributed by atoms with Gasteiger partial charge in [0.15, 0.2) is 11.7 Å². The summed E-state index contributed by atoms with van der Waals surface area (Å²) < 4.78 is 17.5. The van der Waals surface area contributed by atoms with E-state index in [0.29, 0.717) is 11.1 Å². The first-order valence-corrected chi connectivity index (χ1v) is 27.6. The van der Waals surface area contributed by atoms with Gasteiger partial charge in [0.1, 0.15) is 24.7 Å². The molecule has 2 aliphatic heterocycles. The van der Waals surface area contributed by atoms with E-state index in [9.17, 15) is 70.6 Å². The molecule has 13 N–H and O–H groups in total. The number of allylic oxidation sites excluding steroid dienone is 6. The molecule has 77 heavy (non-hydrogen) atoms. The number of hydrogen-bond donors (Lipinski definition) is 13. The van der Waals surface area contributed by atoms with Gasteiger partial charge >= 0.3 is 17.9 Å². The molecule has 1 fully saturated rings. The summed E-state index contributed by atoms with van der Waals surface area (Å²) in [6, 6.07) is 0. The van der Waals surface area contributed by atoms with E-state index in [-0.39, 0.29) is 63.2 Å². The van der Waals surface area contributed by atoms with Gasteiger partial charge in [0.25, 0.3) is 0 Å². The quantitative estimate of drug-likeness (QED) is 0.0331. The third kappa shape index (κ3) is 25.7. The van der Waals surface area contributed by atoms with Crippen LogP contribution in [-0.2, 0) is 28.6 Å². The number of carbonyl (C=O) groups excluding carboxylic acids is 2. The van der Waals surface area contributed by atoms with Crippen LogP contribution in [0, 0.1) is 29.6 Å². The Balaban J connectivity index is 2.43. The first-order chi connectivity index (χ1) is 36.2. The number of nitrogens with zero attached hydrogens (tertiary/aromatic N) is 1. The molecule has 0 radical (unpaired) electrons. The number of esters is 2. The zero-order chi connectivity index (χ0) is 58.0. The fraction of sp³-hybridized carbons (Fsp3) is 0.754. The largest absolute Gasteiger partial charge is 0.481 e. The second kappa shape index (κ2) is 35.5. The van der Waals surface area contributed by atoms with E-state index in [1.807, 2.05) is 27.0 Å². The molecule has 0 aliphatic carbocycles. The molecule has 1 saturated heterocycles. The number of unbranched alkanes of at least 4 members (excludes halogenated alkanes) is 2. The van der Waals surface area contributed by atoms with E-state index < -0.39 is 128 Å². The average Bonchev–Trinajstić information content (AvgIpc) is 3.35. The average molecular weight is 1100 g/mol. The van der Waals surface area contributed by atoms with Crippen LogP contribution >= 0.6 is 0 Å². The summed E-state index contributed by atoms with van der Waals surface area (Å²) >= 11 is 0. The number of nitrogens with one attached hydrogen (secondary N) is 2. The maximum atomic E-state index is 13.6. The molecule has 20 nitrogen and oxygen atoms in total. The topological polar surface area (TPSA) is 338 Å². The molecule has 0 saturated carbocycles. The molecule has 2 heterocycles. The van der Waals surface area contributed by atoms with Crippen molar-refractivity contribution >= 4 is 23.9 Å². The lowest BCUT2D eigenvalue weighted by Gasteiger charge is -2.45. The molecule has 0 amide bonds. The molecule has 0 aromatic heterocycles. The van der Waals surface area contributed by atoms with Gasteiger partial charge in [0.2, 0.25) is 0 Å². The Hall–Kier alpha value is -4.06. The Morgan fingerprint density at radius 1 is 0.805 bits per heavy atom. The van der Waals surface area contributed by atoms with Gasteiger partial charge in [-0.05, 0) is 82.6 Å². The van der Waals surface area contributed by atoms with E-state index >= 15 is 0 Å². The zero-order valence-corrected chi connectivity index (χ0v) is 47.1. The maximum Gasteiger partial charge on any atom is 0.334 e. The Kier molecular flexibility index (Phi) is 31.9. The van der Waals surface area contributed by atoms with Gasteiger partial charge in [-0.2, -0.15) is 0 Å². The highest BCUT2D eigenvalue weighted by molar-refractivity contribution is 5.90. The number of aliphatic hydroxyl groups excluding tert-OH is 9. The van der Waals surface area contributed by atoms with Crippen LogP contribution in [0.5, 0.6) is 0 Å². The number of aliphatic carboxylic acids is 1. The number of aliphatic imine (C=N–C) groups is 1. The fourth-order valence-electron chi connectivity index (χ4n) is 9.63. The molecule has 2 aliphatic rings. The van der Waals surface area contributed by atoms with Crippen LogP contribution in [0.15, 0.2) is 64.7 Å². The van der Waals surface area contributed by atoms with Gasteiger partial charge in [-0.1, -0.05) is 83.2 Å². The first-order valence-electron chi connectivity index (χ1n) is 27.6. The van der Waals surface area contributed by atoms with Gasteiger partial charge < -0.3 is 81.0 Å². The van der Waals surface area contributed by atoms with Gasteiger partial charge in [-0.25, -0.2) is 4.79 Å². The number of fused-ring (bicyclic) bond motifs is 2. The summed E-state index contributed by atoms with van der Waals surface area (Å²) in [6.07, 6.45) is 1.28. The number of hydrogen-bond acceptors (Lipinski definition) is 17. The SMILES string of the molecule is CN=C(NC)NCCC/C=C/CCC[C@H](C)[C@@H]1OC(=O)C(C)=CC=C[C@H](C)[C@@H](O)C[C@H](O)[C@@H](C)[C@H](O)CC[C@H](C)[C@@H](O)C[C@@]2(O)O[C@@H](C[C@@H](OC(=O)CC(=O)O)C[C@H](O)C[C@@H](O)C[C@H](O)C(C)=CC=C[C@H]1C)C[C@@H](O)[C@@H]2O. The molecule has 0 aromatic carbocycles. The van der Waals surface area contributed by atoms with Crippen LogP contribution in [-0.4, -0.2) is 180 Å². The van der Waals surface area contributed by atoms with Gasteiger partial charge in [-0.15, -0.1) is 0 Å². The summed E-state index contributed by atoms with van der Waals surface area (Å²) in [5, 5.41) is 127. The number of rotatable bonds is 12. The molecule has 2 bridgehead atoms. The Morgan fingerprint density at radius 2 is 1.44 bits per heavy atom. The molecule has 2 rings (SSSR count). The van der Waals surface area contributed by atoms with Crippen molar-refractivity contribution in [3.05, 3.63) is 59.8 Å². The minimum atomic E-state index is -2.52. The standard InChI is InChI=1S/C57H97N3O17/c1-34-19-16-21-38(5)53(37(4)18-14-12-10-11-13-15-25-60-56(58-8)59-9)76-55(73)39(6)22-17-20-35(2)47(65)31-48(66)40(7)45(63)24-23-36(3)50(68)33-57(74)54(72)49(67)30-44(77-57)29-43(75-52(71)32-51(69)70)27-41(61)26-42(62)28-46(34)64/h10-11,16-17,19-22,35-38,40-50,53-54,61-68,72,74H,12-15,18,23-33H2,1-9H3,(H,69,70)(H2,58,59,60)/b11-10+,20-17?,21-16?,34-19?,39-22?/t35-,36-,37-,38+,40-,41+,42+,43-,44-,45+,46-,47-,48-,49+,50-,53-,54-,57+/m0/s1. The monoisotopic (exact) mass is 1100 g/mol. The van der Waals surface area contributed by atoms with Gasteiger partial charge in [-0.3, -0.25) is 14.6 Å². The van der Waals surface area contributed by atoms with Crippen molar-refractivity contribution in [2.75, 3.05) is 20.6 Å². The highest BCUT2D eigenvalue weighted by Crippen LogP contribution is 2.36. The molecular formula is C57H97N3O17. The summed E-state index contributed by atoms with van der Waals surface area (Å²) in [7, 11) is 3.53. The molecule has 18 atom stereocenters. The first kappa shape index (κ1) is 69.0.